The summed E-state index contributed by atoms with van der Waals surface area (Å²) in [5, 5.41) is 1.06. The van der Waals surface area contributed by atoms with Crippen molar-refractivity contribution in [3.63, 3.8) is 0 Å². The zero-order valence-corrected chi connectivity index (χ0v) is 9.07. The van der Waals surface area contributed by atoms with Gasteiger partial charge in [0, 0.05) is 23.2 Å². The number of hydrogen-bond acceptors (Lipinski definition) is 3. The lowest BCUT2D eigenvalue weighted by Gasteiger charge is -2.10. The number of benzene rings is 1. The van der Waals surface area contributed by atoms with E-state index in [9.17, 15) is 0 Å². The van der Waals surface area contributed by atoms with E-state index in [-0.39, 0.29) is 0 Å². The minimum atomic E-state index is 0.747. The Morgan fingerprint density at radius 2 is 1.94 bits per heavy atom. The van der Waals surface area contributed by atoms with E-state index in [1.165, 1.54) is 5.56 Å². The van der Waals surface area contributed by atoms with Gasteiger partial charge < -0.3 is 10.5 Å². The molecule has 0 aliphatic carbocycles. The van der Waals surface area contributed by atoms with Crippen LogP contribution in [0.25, 0.3) is 10.9 Å². The zero-order chi connectivity index (χ0) is 11.0. The zero-order valence-electron chi connectivity index (χ0n) is 9.07. The topological polar surface area (TPSA) is 48.1 Å². The molecule has 2 aromatic rings. The Kier molecular flexibility index (Phi) is 2.26. The Morgan fingerprint density at radius 3 is 2.88 bits per heavy atom. The van der Waals surface area contributed by atoms with Gasteiger partial charge in [0.15, 0.2) is 0 Å². The van der Waals surface area contributed by atoms with Crippen LogP contribution in [0, 0.1) is 0 Å². The number of nitrogen functional groups attached to an aromatic ring is 1. The average molecular weight is 214 g/mol. The number of anilines is 1. The minimum Gasteiger partial charge on any atom is -0.398 e. The molecule has 1 aliphatic rings. The van der Waals surface area contributed by atoms with E-state index in [0.29, 0.717) is 0 Å². The fraction of sp³-hybridized carbons (Fsp3) is 0.308. The first-order valence-corrected chi connectivity index (χ1v) is 5.60. The standard InChI is InChI=1S/C13H14N2O/c14-13-9-3-1-2-4-11(9)15-12-6-8-16-7-5-10(12)13/h1-4H,5-8H2,(H2,14,15). The fourth-order valence-electron chi connectivity index (χ4n) is 2.26. The molecule has 0 saturated heterocycles. The van der Waals surface area contributed by atoms with Crippen molar-refractivity contribution in [3.05, 3.63) is 35.5 Å². The summed E-state index contributed by atoms with van der Waals surface area (Å²) in [7, 11) is 0. The summed E-state index contributed by atoms with van der Waals surface area (Å²) in [6.07, 6.45) is 1.74. The van der Waals surface area contributed by atoms with Crippen LogP contribution in [0.4, 0.5) is 5.69 Å². The molecule has 0 atom stereocenters. The van der Waals surface area contributed by atoms with Crippen molar-refractivity contribution >= 4 is 16.6 Å². The van der Waals surface area contributed by atoms with Crippen LogP contribution in [0.1, 0.15) is 11.3 Å². The maximum Gasteiger partial charge on any atom is 0.0726 e. The Hall–Kier alpha value is -1.61. The van der Waals surface area contributed by atoms with Crippen LogP contribution in [0.2, 0.25) is 0 Å². The van der Waals surface area contributed by atoms with Crippen molar-refractivity contribution in [2.24, 2.45) is 0 Å². The maximum absolute atomic E-state index is 6.21. The average Bonchev–Trinajstić information content (AvgIpc) is 2.55. The third-order valence-electron chi connectivity index (χ3n) is 3.10. The monoisotopic (exact) mass is 214 g/mol. The first kappa shape index (κ1) is 9.60. The van der Waals surface area contributed by atoms with Gasteiger partial charge in [0.25, 0.3) is 0 Å². The Morgan fingerprint density at radius 1 is 1.12 bits per heavy atom. The molecule has 3 rings (SSSR count). The molecule has 82 valence electrons. The second-order valence-electron chi connectivity index (χ2n) is 4.08. The summed E-state index contributed by atoms with van der Waals surface area (Å²) < 4.78 is 5.46. The normalized spacial score (nSPS) is 15.8. The molecule has 0 amide bonds. The third kappa shape index (κ3) is 1.44. The molecule has 2 N–H and O–H groups in total. The Labute approximate surface area is 94.2 Å². The first-order chi connectivity index (χ1) is 7.86. The van der Waals surface area contributed by atoms with Gasteiger partial charge in [-0.1, -0.05) is 18.2 Å². The fourth-order valence-corrected chi connectivity index (χ4v) is 2.26. The van der Waals surface area contributed by atoms with Crippen LogP contribution in [0.5, 0.6) is 0 Å². The summed E-state index contributed by atoms with van der Waals surface area (Å²) in [5.41, 5.74) is 10.4. The number of rotatable bonds is 0. The molecule has 3 heteroatoms. The predicted molar refractivity (Wildman–Crippen MR) is 64.4 cm³/mol. The van der Waals surface area contributed by atoms with Gasteiger partial charge in [0.1, 0.15) is 0 Å². The molecule has 0 bridgehead atoms. The molecule has 2 heterocycles. The number of nitrogens with zero attached hydrogens (tertiary/aromatic N) is 1. The first-order valence-electron chi connectivity index (χ1n) is 5.60. The van der Waals surface area contributed by atoms with Crippen molar-refractivity contribution in [2.75, 3.05) is 18.9 Å². The van der Waals surface area contributed by atoms with Crippen molar-refractivity contribution < 1.29 is 4.74 Å². The van der Waals surface area contributed by atoms with Gasteiger partial charge in [0.05, 0.1) is 18.7 Å². The van der Waals surface area contributed by atoms with Gasteiger partial charge in [0.2, 0.25) is 0 Å². The molecule has 0 unspecified atom stereocenters. The molecule has 1 aliphatic heterocycles. The number of pyridine rings is 1. The van der Waals surface area contributed by atoms with Gasteiger partial charge in [-0.15, -0.1) is 0 Å². The van der Waals surface area contributed by atoms with E-state index in [1.54, 1.807) is 0 Å². The molecule has 1 aromatic carbocycles. The Bertz CT molecular complexity index is 537. The highest BCUT2D eigenvalue weighted by Crippen LogP contribution is 2.27. The highest BCUT2D eigenvalue weighted by atomic mass is 16.5. The Balaban J connectivity index is 2.29. The van der Waals surface area contributed by atoms with E-state index in [1.807, 2.05) is 24.3 Å². The van der Waals surface area contributed by atoms with Crippen LogP contribution in [0.3, 0.4) is 0 Å². The highest BCUT2D eigenvalue weighted by molar-refractivity contribution is 5.92. The van der Waals surface area contributed by atoms with Gasteiger partial charge in [-0.25, -0.2) is 0 Å². The molecule has 1 aromatic heterocycles. The lowest BCUT2D eigenvalue weighted by Crippen LogP contribution is -2.04. The molecule has 16 heavy (non-hydrogen) atoms. The summed E-state index contributed by atoms with van der Waals surface area (Å²) in [6, 6.07) is 8.04. The maximum atomic E-state index is 6.21. The molecule has 0 fully saturated rings. The van der Waals surface area contributed by atoms with Gasteiger partial charge >= 0.3 is 0 Å². The number of hydrogen-bond donors (Lipinski definition) is 1. The largest absolute Gasteiger partial charge is 0.398 e. The summed E-state index contributed by atoms with van der Waals surface area (Å²) in [5.74, 6) is 0. The molecule has 0 radical (unpaired) electrons. The van der Waals surface area contributed by atoms with E-state index >= 15 is 0 Å². The van der Waals surface area contributed by atoms with Gasteiger partial charge in [-0.05, 0) is 18.1 Å². The van der Waals surface area contributed by atoms with Crippen molar-refractivity contribution in [1.82, 2.24) is 4.98 Å². The van der Waals surface area contributed by atoms with Crippen LogP contribution >= 0.6 is 0 Å². The summed E-state index contributed by atoms with van der Waals surface area (Å²) in [6.45, 7) is 1.50. The highest BCUT2D eigenvalue weighted by Gasteiger charge is 2.14. The van der Waals surface area contributed by atoms with E-state index in [4.69, 9.17) is 10.5 Å². The SMILES string of the molecule is Nc1c2c(nc3ccccc13)CCOCC2. The van der Waals surface area contributed by atoms with Crippen molar-refractivity contribution in [1.29, 1.82) is 0 Å². The molecule has 3 nitrogen and oxygen atoms in total. The number of fused-ring (bicyclic) bond motifs is 2. The van der Waals surface area contributed by atoms with Crippen LogP contribution < -0.4 is 5.73 Å². The smallest absolute Gasteiger partial charge is 0.0726 e. The number of para-hydroxylation sites is 1. The number of ether oxygens (including phenoxy) is 1. The summed E-state index contributed by atoms with van der Waals surface area (Å²) in [4.78, 5) is 4.68. The van der Waals surface area contributed by atoms with Crippen molar-refractivity contribution in [3.8, 4) is 0 Å². The van der Waals surface area contributed by atoms with Crippen LogP contribution in [-0.4, -0.2) is 18.2 Å². The van der Waals surface area contributed by atoms with E-state index in [0.717, 1.165) is 48.3 Å². The molecule has 0 saturated carbocycles. The third-order valence-corrected chi connectivity index (χ3v) is 3.10. The molecular formula is C13H14N2O. The van der Waals surface area contributed by atoms with Gasteiger partial charge in [-0.2, -0.15) is 0 Å². The summed E-state index contributed by atoms with van der Waals surface area (Å²) >= 11 is 0. The van der Waals surface area contributed by atoms with Crippen molar-refractivity contribution in [2.45, 2.75) is 12.8 Å². The minimum absolute atomic E-state index is 0.747. The lowest BCUT2D eigenvalue weighted by atomic mass is 10.0. The van der Waals surface area contributed by atoms with Gasteiger partial charge in [-0.3, -0.25) is 4.98 Å². The molecular weight excluding hydrogens is 200 g/mol. The second-order valence-corrected chi connectivity index (χ2v) is 4.08. The molecule has 0 spiro atoms. The quantitative estimate of drug-likeness (QED) is 0.729. The van der Waals surface area contributed by atoms with Crippen LogP contribution in [0.15, 0.2) is 24.3 Å². The predicted octanol–water partition coefficient (Wildman–Crippen LogP) is 1.93. The van der Waals surface area contributed by atoms with Crippen LogP contribution in [-0.2, 0) is 17.6 Å². The number of nitrogens with two attached hydrogens (primary N) is 1. The number of aromatic nitrogens is 1. The lowest BCUT2D eigenvalue weighted by molar-refractivity contribution is 0.146. The second kappa shape index (κ2) is 3.76. The van der Waals surface area contributed by atoms with E-state index < -0.39 is 0 Å². The van der Waals surface area contributed by atoms with E-state index in [2.05, 4.69) is 4.98 Å².